The highest BCUT2D eigenvalue weighted by atomic mass is 35.5. The fourth-order valence-electron chi connectivity index (χ4n) is 2.22. The second-order valence-corrected chi connectivity index (χ2v) is 6.47. The minimum absolute atomic E-state index is 0. The molecule has 0 aliphatic carbocycles. The molecule has 0 aromatic heterocycles. The van der Waals surface area contributed by atoms with Gasteiger partial charge in [0, 0.05) is 0 Å². The third kappa shape index (κ3) is 6.70. The van der Waals surface area contributed by atoms with Gasteiger partial charge in [-0.25, -0.2) is 4.79 Å². The Bertz CT molecular complexity index is 772. The quantitative estimate of drug-likeness (QED) is 0.571. The lowest BCUT2D eigenvalue weighted by molar-refractivity contribution is -0.137. The molecule has 1 N–H and O–H groups in total. The number of likely N-dealkylation sites (N-methyl/N-ethyl adjacent to an activating group) is 1. The zero-order valence-corrected chi connectivity index (χ0v) is 16.9. The summed E-state index contributed by atoms with van der Waals surface area (Å²) in [6, 6.07) is 12.4. The number of carbonyl (C=O) groups excluding carboxylic acids is 2. The first-order valence-corrected chi connectivity index (χ1v) is 8.68. The third-order valence-electron chi connectivity index (χ3n) is 3.84. The zero-order chi connectivity index (χ0) is 19.1. The predicted molar refractivity (Wildman–Crippen MR) is 108 cm³/mol. The van der Waals surface area contributed by atoms with Gasteiger partial charge in [0.25, 0.3) is 0 Å². The van der Waals surface area contributed by atoms with Gasteiger partial charge in [-0.3, -0.25) is 4.79 Å². The van der Waals surface area contributed by atoms with Crippen molar-refractivity contribution < 1.29 is 19.1 Å². The van der Waals surface area contributed by atoms with Crippen LogP contribution in [0.15, 0.2) is 42.5 Å². The summed E-state index contributed by atoms with van der Waals surface area (Å²) in [4.78, 5) is 24.4. The number of aryl methyl sites for hydroxylation is 1. The molecule has 0 amide bonds. The summed E-state index contributed by atoms with van der Waals surface area (Å²) in [7, 11) is 1.87. The molecule has 146 valence electrons. The number of benzene rings is 2. The summed E-state index contributed by atoms with van der Waals surface area (Å²) < 4.78 is 10.9. The molecular weight excluding hydrogens is 366 g/mol. The molecule has 0 heterocycles. The van der Waals surface area contributed by atoms with E-state index in [4.69, 9.17) is 9.47 Å². The molecule has 27 heavy (non-hydrogen) atoms. The van der Waals surface area contributed by atoms with Crippen molar-refractivity contribution in [3.63, 3.8) is 0 Å². The van der Waals surface area contributed by atoms with E-state index in [1.807, 2.05) is 32.2 Å². The highest BCUT2D eigenvalue weighted by molar-refractivity contribution is 5.91. The number of rotatable bonds is 7. The van der Waals surface area contributed by atoms with Crippen LogP contribution in [0, 0.1) is 12.8 Å². The van der Waals surface area contributed by atoms with E-state index in [0.717, 1.165) is 24.1 Å². The molecule has 6 heteroatoms. The minimum atomic E-state index is -0.488. The second-order valence-electron chi connectivity index (χ2n) is 6.47. The van der Waals surface area contributed by atoms with Crippen LogP contribution in [0.3, 0.4) is 0 Å². The van der Waals surface area contributed by atoms with Gasteiger partial charge in [-0.1, -0.05) is 37.6 Å². The largest absolute Gasteiger partial charge is 0.422 e. The maximum absolute atomic E-state index is 12.4. The van der Waals surface area contributed by atoms with Crippen LogP contribution >= 0.6 is 12.4 Å². The van der Waals surface area contributed by atoms with Gasteiger partial charge in [0.05, 0.1) is 11.5 Å². The summed E-state index contributed by atoms with van der Waals surface area (Å²) in [5.74, 6) is -0.645. The van der Waals surface area contributed by atoms with E-state index in [1.165, 1.54) is 0 Å². The summed E-state index contributed by atoms with van der Waals surface area (Å²) in [6.07, 6.45) is 0.768. The van der Waals surface area contributed by atoms with Gasteiger partial charge >= 0.3 is 11.9 Å². The molecule has 0 unspecified atom stereocenters. The topological polar surface area (TPSA) is 64.6 Å². The number of halogens is 1. The molecule has 2 aromatic rings. The maximum Gasteiger partial charge on any atom is 0.343 e. The number of carbonyl (C=O) groups is 2. The molecule has 0 aliphatic heterocycles. The molecule has 0 saturated heterocycles. The molecule has 0 aliphatic rings. The molecule has 0 radical (unpaired) electrons. The van der Waals surface area contributed by atoms with Crippen molar-refractivity contribution in [1.82, 2.24) is 5.32 Å². The Morgan fingerprint density at radius 2 is 1.67 bits per heavy atom. The Balaban J connectivity index is 0.00000364. The predicted octanol–water partition coefficient (Wildman–Crippen LogP) is 3.96. The molecule has 5 nitrogen and oxygen atoms in total. The van der Waals surface area contributed by atoms with Crippen molar-refractivity contribution in [3.8, 4) is 11.5 Å². The van der Waals surface area contributed by atoms with Crippen molar-refractivity contribution in [3.05, 3.63) is 59.2 Å². The lowest BCUT2D eigenvalue weighted by Crippen LogP contribution is -2.17. The van der Waals surface area contributed by atoms with Crippen molar-refractivity contribution >= 4 is 24.3 Å². The van der Waals surface area contributed by atoms with Crippen molar-refractivity contribution in [2.45, 2.75) is 27.2 Å². The molecule has 0 saturated carbocycles. The lowest BCUT2D eigenvalue weighted by atomic mass is 10.1. The number of nitrogens with one attached hydrogen (secondary N) is 1. The van der Waals surface area contributed by atoms with E-state index in [2.05, 4.69) is 5.32 Å². The molecule has 2 rings (SSSR count). The number of ether oxygens (including phenoxy) is 2. The molecule has 0 bridgehead atoms. The van der Waals surface area contributed by atoms with Crippen LogP contribution < -0.4 is 14.8 Å². The Morgan fingerprint density at radius 3 is 2.26 bits per heavy atom. The monoisotopic (exact) mass is 391 g/mol. The first kappa shape index (κ1) is 22.7. The van der Waals surface area contributed by atoms with Gasteiger partial charge in [-0.15, -0.1) is 12.4 Å². The first-order valence-electron chi connectivity index (χ1n) is 8.68. The summed E-state index contributed by atoms with van der Waals surface area (Å²) in [6.45, 7) is 6.24. The normalized spacial score (nSPS) is 10.3. The summed E-state index contributed by atoms with van der Waals surface area (Å²) in [5.41, 5.74) is 2.48. The van der Waals surface area contributed by atoms with E-state index in [9.17, 15) is 9.59 Å². The van der Waals surface area contributed by atoms with Gasteiger partial charge in [0.15, 0.2) is 11.5 Å². The third-order valence-corrected chi connectivity index (χ3v) is 3.84. The Hall–Kier alpha value is -2.37. The molecule has 0 atom stereocenters. The van der Waals surface area contributed by atoms with E-state index in [0.29, 0.717) is 5.56 Å². The Kier molecular flexibility index (Phi) is 8.98. The van der Waals surface area contributed by atoms with Crippen LogP contribution in [0.5, 0.6) is 11.5 Å². The highest BCUT2D eigenvalue weighted by Crippen LogP contribution is 2.30. The van der Waals surface area contributed by atoms with Gasteiger partial charge < -0.3 is 14.8 Å². The van der Waals surface area contributed by atoms with Crippen molar-refractivity contribution in [2.24, 2.45) is 5.92 Å². The number of hydrogen-bond donors (Lipinski definition) is 1. The molecular formula is C21H26ClNO4. The summed E-state index contributed by atoms with van der Waals surface area (Å²) in [5, 5.41) is 3.08. The highest BCUT2D eigenvalue weighted by Gasteiger charge is 2.17. The zero-order valence-electron chi connectivity index (χ0n) is 16.1. The van der Waals surface area contributed by atoms with Crippen molar-refractivity contribution in [1.29, 1.82) is 0 Å². The van der Waals surface area contributed by atoms with Gasteiger partial charge in [-0.2, -0.15) is 0 Å². The smallest absolute Gasteiger partial charge is 0.343 e. The minimum Gasteiger partial charge on any atom is -0.422 e. The van der Waals surface area contributed by atoms with Crippen LogP contribution in [0.2, 0.25) is 0 Å². The average Bonchev–Trinajstić information content (AvgIpc) is 2.62. The van der Waals surface area contributed by atoms with E-state index in [-0.39, 0.29) is 35.8 Å². The van der Waals surface area contributed by atoms with E-state index < -0.39 is 5.97 Å². The van der Waals surface area contributed by atoms with E-state index in [1.54, 1.807) is 38.1 Å². The fourth-order valence-corrected chi connectivity index (χ4v) is 2.22. The number of hydrogen-bond acceptors (Lipinski definition) is 5. The summed E-state index contributed by atoms with van der Waals surface area (Å²) >= 11 is 0. The maximum atomic E-state index is 12.4. The Morgan fingerprint density at radius 1 is 1.00 bits per heavy atom. The molecule has 0 fully saturated rings. The first-order chi connectivity index (χ1) is 12.4. The van der Waals surface area contributed by atoms with E-state index >= 15 is 0 Å². The molecule has 0 spiro atoms. The SMILES string of the molecule is CNCCc1ccc(OC(=O)C(C)C)c(OC(=O)c2ccc(C)cc2)c1.Cl. The van der Waals surface area contributed by atoms with Crippen LogP contribution in [-0.2, 0) is 11.2 Å². The van der Waals surface area contributed by atoms with Gasteiger partial charge in [0.2, 0.25) is 0 Å². The lowest BCUT2D eigenvalue weighted by Gasteiger charge is -2.13. The molecule has 2 aromatic carbocycles. The van der Waals surface area contributed by atoms with Crippen LogP contribution in [0.4, 0.5) is 0 Å². The van der Waals surface area contributed by atoms with Gasteiger partial charge in [0.1, 0.15) is 0 Å². The number of esters is 2. The van der Waals surface area contributed by atoms with Gasteiger partial charge in [-0.05, 0) is 56.8 Å². The average molecular weight is 392 g/mol. The fraction of sp³-hybridized carbons (Fsp3) is 0.333. The van der Waals surface area contributed by atoms with Crippen LogP contribution in [-0.4, -0.2) is 25.5 Å². The van der Waals surface area contributed by atoms with Crippen LogP contribution in [0.25, 0.3) is 0 Å². The Labute approximate surface area is 166 Å². The standard InChI is InChI=1S/C21H25NO4.ClH/c1-14(2)20(23)25-18-10-7-16(11-12-22-4)13-19(18)26-21(24)17-8-5-15(3)6-9-17;/h5-10,13-14,22H,11-12H2,1-4H3;1H. The van der Waals surface area contributed by atoms with Crippen molar-refractivity contribution in [2.75, 3.05) is 13.6 Å². The second kappa shape index (κ2) is 10.7. The van der Waals surface area contributed by atoms with Crippen LogP contribution in [0.1, 0.15) is 35.3 Å².